The van der Waals surface area contributed by atoms with Crippen LogP contribution in [0.2, 0.25) is 0 Å². The van der Waals surface area contributed by atoms with Gasteiger partial charge in [-0.15, -0.1) is 0 Å². The third kappa shape index (κ3) is 5.58. The molecule has 0 unspecified atom stereocenters. The zero-order valence-electron chi connectivity index (χ0n) is 37.1. The van der Waals surface area contributed by atoms with Crippen molar-refractivity contribution in [2.45, 2.75) is 0 Å². The van der Waals surface area contributed by atoms with Crippen LogP contribution in [0.1, 0.15) is 0 Å². The predicted molar refractivity (Wildman–Crippen MR) is 292 cm³/mol. The summed E-state index contributed by atoms with van der Waals surface area (Å²) in [6.07, 6.45) is 0. The lowest BCUT2D eigenvalue weighted by molar-refractivity contribution is 1.31. The molecule has 0 heterocycles. The smallest absolute Gasteiger partial charge is 0.0619 e. The highest BCUT2D eigenvalue weighted by Gasteiger charge is 2.28. The summed E-state index contributed by atoms with van der Waals surface area (Å²) in [5.74, 6) is 0. The summed E-state index contributed by atoms with van der Waals surface area (Å²) in [5, 5.41) is 20.0. The van der Waals surface area contributed by atoms with Gasteiger partial charge >= 0.3 is 0 Å². The minimum Gasteiger partial charge on any atom is -0.309 e. The molecule has 14 aromatic rings. The Morgan fingerprint density at radius 2 is 0.397 bits per heavy atom. The van der Waals surface area contributed by atoms with Crippen LogP contribution >= 0.6 is 0 Å². The minimum atomic E-state index is 1.12. The van der Waals surface area contributed by atoms with Crippen molar-refractivity contribution in [3.63, 3.8) is 0 Å². The second-order valence-electron chi connectivity index (χ2n) is 17.8. The second kappa shape index (κ2) is 15.3. The van der Waals surface area contributed by atoms with Crippen LogP contribution in [0.3, 0.4) is 0 Å². The zero-order valence-corrected chi connectivity index (χ0v) is 37.1. The van der Waals surface area contributed by atoms with E-state index in [0.717, 1.165) is 22.7 Å². The van der Waals surface area contributed by atoms with Crippen LogP contribution in [0.5, 0.6) is 0 Å². The number of fused-ring (bicyclic) bond motifs is 8. The van der Waals surface area contributed by atoms with Crippen LogP contribution in [0, 0.1) is 0 Å². The van der Waals surface area contributed by atoms with E-state index in [4.69, 9.17) is 0 Å². The van der Waals surface area contributed by atoms with E-state index < -0.39 is 0 Å². The molecular formula is C66H42N2. The second-order valence-corrected chi connectivity index (χ2v) is 17.8. The van der Waals surface area contributed by atoms with E-state index in [-0.39, 0.29) is 0 Å². The molecule has 68 heavy (non-hydrogen) atoms. The van der Waals surface area contributed by atoms with Crippen LogP contribution in [0.15, 0.2) is 255 Å². The van der Waals surface area contributed by atoms with Crippen LogP contribution in [-0.4, -0.2) is 0 Å². The Bertz CT molecular complexity index is 4110. The summed E-state index contributed by atoms with van der Waals surface area (Å²) in [6.45, 7) is 0. The summed E-state index contributed by atoms with van der Waals surface area (Å²) in [7, 11) is 0. The lowest BCUT2D eigenvalue weighted by atomic mass is 9.80. The molecule has 0 aromatic heterocycles. The summed E-state index contributed by atoms with van der Waals surface area (Å²) in [6, 6.07) is 93.7. The molecule has 0 spiro atoms. The quantitative estimate of drug-likeness (QED) is 0.116. The molecule has 2 nitrogen and oxygen atoms in total. The fourth-order valence-corrected chi connectivity index (χ4v) is 11.7. The maximum absolute atomic E-state index is 2.46. The Morgan fingerprint density at radius 3 is 0.824 bits per heavy atom. The van der Waals surface area contributed by atoms with Crippen LogP contribution in [0.4, 0.5) is 34.1 Å². The van der Waals surface area contributed by atoms with E-state index in [2.05, 4.69) is 265 Å². The first kappa shape index (κ1) is 38.3. The first-order valence-corrected chi connectivity index (χ1v) is 23.5. The van der Waals surface area contributed by atoms with Gasteiger partial charge in [-0.3, -0.25) is 0 Å². The molecule has 0 aliphatic carbocycles. The monoisotopic (exact) mass is 862 g/mol. The van der Waals surface area contributed by atoms with Gasteiger partial charge in [0.05, 0.1) is 11.4 Å². The molecule has 0 saturated carbocycles. The van der Waals surface area contributed by atoms with Crippen molar-refractivity contribution in [3.8, 4) is 11.1 Å². The van der Waals surface area contributed by atoms with Crippen LogP contribution in [0.25, 0.3) is 97.3 Å². The van der Waals surface area contributed by atoms with Gasteiger partial charge in [0.1, 0.15) is 0 Å². The van der Waals surface area contributed by atoms with Gasteiger partial charge in [0, 0.05) is 49.7 Å². The summed E-state index contributed by atoms with van der Waals surface area (Å²) < 4.78 is 0. The minimum absolute atomic E-state index is 1.12. The van der Waals surface area contributed by atoms with Crippen LogP contribution in [-0.2, 0) is 0 Å². The molecule has 2 heteroatoms. The van der Waals surface area contributed by atoms with Crippen molar-refractivity contribution < 1.29 is 0 Å². The van der Waals surface area contributed by atoms with E-state index in [0.29, 0.717) is 0 Å². The highest BCUT2D eigenvalue weighted by atomic mass is 15.2. The van der Waals surface area contributed by atoms with Gasteiger partial charge in [0.25, 0.3) is 0 Å². The van der Waals surface area contributed by atoms with Gasteiger partial charge < -0.3 is 9.80 Å². The largest absolute Gasteiger partial charge is 0.309 e. The summed E-state index contributed by atoms with van der Waals surface area (Å²) >= 11 is 0. The molecule has 0 aliphatic rings. The standard InChI is InChI=1S/C66H42N2/c1-5-23-43(24-6-1)67(44-25-7-2-8-26-44)65-54-36-18-15-33-51(54)59(52-34-16-19-37-55(52)65)60-47-31-13-14-32-50(47)63-61-48(39-21-41-57(60)61)49-40-22-42-58-62(49)64(63)53-35-17-20-38-56(53)66(58)68(45-27-9-3-10-28-45)46-29-11-4-12-30-46/h1-42H. The van der Waals surface area contributed by atoms with Crippen molar-refractivity contribution in [2.24, 2.45) is 0 Å². The highest BCUT2D eigenvalue weighted by molar-refractivity contribution is 6.46. The molecular weight excluding hydrogens is 821 g/mol. The number of benzene rings is 14. The Labute approximate surface area is 394 Å². The molecule has 0 radical (unpaired) electrons. The van der Waals surface area contributed by atoms with Crippen LogP contribution < -0.4 is 9.80 Å². The summed E-state index contributed by atoms with van der Waals surface area (Å²) in [5.41, 5.74) is 9.37. The number of nitrogens with zero attached hydrogens (tertiary/aromatic N) is 2. The van der Waals surface area contributed by atoms with Gasteiger partial charge in [-0.25, -0.2) is 0 Å². The molecule has 0 atom stereocenters. The Morgan fingerprint density at radius 1 is 0.162 bits per heavy atom. The van der Waals surface area contributed by atoms with Crippen molar-refractivity contribution in [1.29, 1.82) is 0 Å². The fraction of sp³-hybridized carbons (Fsp3) is 0. The van der Waals surface area contributed by atoms with Gasteiger partial charge in [-0.1, -0.05) is 206 Å². The molecule has 0 saturated heterocycles. The molecule has 0 fully saturated rings. The highest BCUT2D eigenvalue weighted by Crippen LogP contribution is 2.56. The van der Waals surface area contributed by atoms with Crippen molar-refractivity contribution >= 4 is 120 Å². The molecule has 316 valence electrons. The fourth-order valence-electron chi connectivity index (χ4n) is 11.7. The van der Waals surface area contributed by atoms with E-state index in [1.54, 1.807) is 0 Å². The molecule has 0 N–H and O–H groups in total. The van der Waals surface area contributed by atoms with Crippen molar-refractivity contribution in [2.75, 3.05) is 9.80 Å². The van der Waals surface area contributed by atoms with E-state index in [9.17, 15) is 0 Å². The average molecular weight is 863 g/mol. The number of anilines is 6. The molecule has 14 rings (SSSR count). The molecule has 0 amide bonds. The Balaban J connectivity index is 1.16. The lowest BCUT2D eigenvalue weighted by Gasteiger charge is -2.30. The third-order valence-corrected chi connectivity index (χ3v) is 14.3. The lowest BCUT2D eigenvalue weighted by Crippen LogP contribution is -2.11. The first-order valence-electron chi connectivity index (χ1n) is 23.5. The average Bonchev–Trinajstić information content (AvgIpc) is 3.41. The Hall–Kier alpha value is -8.98. The Kier molecular flexibility index (Phi) is 8.62. The van der Waals surface area contributed by atoms with E-state index >= 15 is 0 Å². The van der Waals surface area contributed by atoms with Crippen molar-refractivity contribution in [3.05, 3.63) is 255 Å². The number of hydrogen-bond donors (Lipinski definition) is 0. The predicted octanol–water partition coefficient (Wildman–Crippen LogP) is 19.0. The van der Waals surface area contributed by atoms with E-state index in [1.807, 2.05) is 0 Å². The zero-order chi connectivity index (χ0) is 44.7. The third-order valence-electron chi connectivity index (χ3n) is 14.3. The molecule has 14 aromatic carbocycles. The SMILES string of the molecule is c1ccc(N(c2ccccc2)c2c3ccccc3c(-c3c4ccccc4c4c5c3cccc5c3cccc5c(N(c6ccccc6)c6ccccc6)c6ccccc6c4c53)c3ccccc23)cc1. The normalized spacial score (nSPS) is 11.8. The molecule has 0 bridgehead atoms. The van der Waals surface area contributed by atoms with Crippen molar-refractivity contribution in [1.82, 2.24) is 0 Å². The number of hydrogen-bond acceptors (Lipinski definition) is 2. The summed E-state index contributed by atoms with van der Waals surface area (Å²) in [4.78, 5) is 4.90. The topological polar surface area (TPSA) is 6.48 Å². The van der Waals surface area contributed by atoms with Gasteiger partial charge in [0.15, 0.2) is 0 Å². The molecule has 0 aliphatic heterocycles. The number of para-hydroxylation sites is 4. The van der Waals surface area contributed by atoms with Gasteiger partial charge in [-0.2, -0.15) is 0 Å². The maximum atomic E-state index is 2.46. The maximum Gasteiger partial charge on any atom is 0.0619 e. The van der Waals surface area contributed by atoms with Gasteiger partial charge in [0.2, 0.25) is 0 Å². The van der Waals surface area contributed by atoms with E-state index in [1.165, 1.54) is 109 Å². The van der Waals surface area contributed by atoms with Gasteiger partial charge in [-0.05, 0) is 119 Å². The first-order chi connectivity index (χ1) is 33.8. The number of rotatable bonds is 7.